The fourth-order valence-corrected chi connectivity index (χ4v) is 3.32. The minimum atomic E-state index is -0.252. The number of carbonyl (C=O) groups is 3. The first-order valence-corrected chi connectivity index (χ1v) is 9.86. The van der Waals surface area contributed by atoms with Crippen LogP contribution in [0, 0.1) is 5.92 Å². The van der Waals surface area contributed by atoms with Gasteiger partial charge in [-0.3, -0.25) is 14.4 Å². The monoisotopic (exact) mass is 435 g/mol. The van der Waals surface area contributed by atoms with Gasteiger partial charge in [0, 0.05) is 29.0 Å². The first kappa shape index (κ1) is 18.6. The Labute approximate surface area is 163 Å². The minimum absolute atomic E-state index is 0.0171. The summed E-state index contributed by atoms with van der Waals surface area (Å²) in [5.74, 6) is -0.281. The molecular weight excluding hydrogens is 418 g/mol. The maximum Gasteiger partial charge on any atom is 0.261 e. The smallest absolute Gasteiger partial charge is 0.261 e. The Morgan fingerprint density at radius 3 is 2.46 bits per heavy atom. The maximum absolute atomic E-state index is 12.1. The Hall–Kier alpha value is -2.19. The van der Waals surface area contributed by atoms with Crippen molar-refractivity contribution in [3.05, 3.63) is 45.7 Å². The molecule has 0 atom stereocenters. The Bertz CT molecular complexity index is 815. The molecule has 26 heavy (non-hydrogen) atoms. The maximum atomic E-state index is 12.1. The summed E-state index contributed by atoms with van der Waals surface area (Å²) in [6, 6.07) is 10.7. The molecule has 0 unspecified atom stereocenters. The molecular formula is C18H18BrN3O3S. The second kappa shape index (κ2) is 8.46. The standard InChI is InChI=1S/C18H18BrN3O3S/c19-12-3-5-13(6-4-12)21-15(23)9-10-20-18(25)14-7-8-16(26-14)22-17(24)11-1-2-11/h3-8,11H,1-2,9-10H2,(H,20,25)(H,21,23)(H,22,24). The number of halogens is 1. The highest BCUT2D eigenvalue weighted by molar-refractivity contribution is 9.10. The Kier molecular flexibility index (Phi) is 6.05. The van der Waals surface area contributed by atoms with E-state index in [-0.39, 0.29) is 36.6 Å². The van der Waals surface area contributed by atoms with Crippen LogP contribution in [0.2, 0.25) is 0 Å². The van der Waals surface area contributed by atoms with Crippen LogP contribution in [-0.2, 0) is 9.59 Å². The molecule has 1 aliphatic rings. The van der Waals surface area contributed by atoms with E-state index in [0.29, 0.717) is 15.6 Å². The SMILES string of the molecule is O=C(CCNC(=O)c1ccc(NC(=O)C2CC2)s1)Nc1ccc(Br)cc1. The van der Waals surface area contributed by atoms with Crippen molar-refractivity contribution in [2.45, 2.75) is 19.3 Å². The van der Waals surface area contributed by atoms with Gasteiger partial charge in [-0.1, -0.05) is 15.9 Å². The lowest BCUT2D eigenvalue weighted by Gasteiger charge is -2.06. The number of hydrogen-bond donors (Lipinski definition) is 3. The molecule has 1 aromatic carbocycles. The molecule has 0 aliphatic heterocycles. The van der Waals surface area contributed by atoms with Crippen molar-refractivity contribution in [2.24, 2.45) is 5.92 Å². The Morgan fingerprint density at radius 2 is 1.77 bits per heavy atom. The summed E-state index contributed by atoms with van der Waals surface area (Å²) in [5, 5.41) is 8.97. The normalized spacial score (nSPS) is 13.1. The quantitative estimate of drug-likeness (QED) is 0.620. The van der Waals surface area contributed by atoms with Gasteiger partial charge in [-0.25, -0.2) is 0 Å². The van der Waals surface area contributed by atoms with E-state index in [1.165, 1.54) is 11.3 Å². The van der Waals surface area contributed by atoms with E-state index in [9.17, 15) is 14.4 Å². The van der Waals surface area contributed by atoms with Crippen LogP contribution in [0.15, 0.2) is 40.9 Å². The summed E-state index contributed by atoms with van der Waals surface area (Å²) in [5.41, 5.74) is 0.707. The van der Waals surface area contributed by atoms with Gasteiger partial charge in [-0.15, -0.1) is 11.3 Å². The van der Waals surface area contributed by atoms with Gasteiger partial charge in [0.15, 0.2) is 0 Å². The lowest BCUT2D eigenvalue weighted by molar-refractivity contribution is -0.117. The van der Waals surface area contributed by atoms with Crippen molar-refractivity contribution in [2.75, 3.05) is 17.2 Å². The van der Waals surface area contributed by atoms with Crippen molar-refractivity contribution in [1.29, 1.82) is 0 Å². The number of benzene rings is 1. The Morgan fingerprint density at radius 1 is 1.04 bits per heavy atom. The van der Waals surface area contributed by atoms with Crippen LogP contribution in [0.4, 0.5) is 10.7 Å². The predicted octanol–water partition coefficient (Wildman–Crippen LogP) is 3.62. The summed E-state index contributed by atoms with van der Waals surface area (Å²) < 4.78 is 0.936. The molecule has 8 heteroatoms. The Balaban J connectivity index is 1.40. The molecule has 3 rings (SSSR count). The van der Waals surface area contributed by atoms with Gasteiger partial charge < -0.3 is 16.0 Å². The third kappa shape index (κ3) is 5.40. The van der Waals surface area contributed by atoms with Gasteiger partial charge in [-0.2, -0.15) is 0 Å². The highest BCUT2D eigenvalue weighted by Gasteiger charge is 2.29. The van der Waals surface area contributed by atoms with E-state index in [1.54, 1.807) is 24.3 Å². The second-order valence-electron chi connectivity index (χ2n) is 5.99. The predicted molar refractivity (Wildman–Crippen MR) is 105 cm³/mol. The van der Waals surface area contributed by atoms with E-state index in [2.05, 4.69) is 31.9 Å². The fraction of sp³-hybridized carbons (Fsp3) is 0.278. The van der Waals surface area contributed by atoms with Gasteiger partial charge in [0.25, 0.3) is 5.91 Å². The van der Waals surface area contributed by atoms with Crippen molar-refractivity contribution in [1.82, 2.24) is 5.32 Å². The van der Waals surface area contributed by atoms with Gasteiger partial charge in [-0.05, 0) is 49.2 Å². The second-order valence-corrected chi connectivity index (χ2v) is 7.99. The van der Waals surface area contributed by atoms with Gasteiger partial charge in [0.05, 0.1) is 9.88 Å². The number of amides is 3. The molecule has 0 spiro atoms. The van der Waals surface area contributed by atoms with Crippen molar-refractivity contribution >= 4 is 55.7 Å². The molecule has 0 radical (unpaired) electrons. The van der Waals surface area contributed by atoms with Crippen molar-refractivity contribution in [3.63, 3.8) is 0 Å². The molecule has 136 valence electrons. The topological polar surface area (TPSA) is 87.3 Å². The minimum Gasteiger partial charge on any atom is -0.351 e. The summed E-state index contributed by atoms with van der Waals surface area (Å²) in [4.78, 5) is 36.2. The highest BCUT2D eigenvalue weighted by atomic mass is 79.9. The van der Waals surface area contributed by atoms with Crippen LogP contribution < -0.4 is 16.0 Å². The van der Waals surface area contributed by atoms with E-state index in [4.69, 9.17) is 0 Å². The number of thiophene rings is 1. The van der Waals surface area contributed by atoms with Gasteiger partial charge in [0.1, 0.15) is 0 Å². The molecule has 1 fully saturated rings. The first-order chi connectivity index (χ1) is 12.5. The highest BCUT2D eigenvalue weighted by Crippen LogP contribution is 2.31. The zero-order chi connectivity index (χ0) is 18.5. The molecule has 2 aromatic rings. The molecule has 0 bridgehead atoms. The van der Waals surface area contributed by atoms with E-state index in [1.807, 2.05) is 12.1 Å². The van der Waals surface area contributed by atoms with Crippen LogP contribution in [0.3, 0.4) is 0 Å². The number of hydrogen-bond acceptors (Lipinski definition) is 4. The van der Waals surface area contributed by atoms with Crippen LogP contribution >= 0.6 is 27.3 Å². The molecule has 1 saturated carbocycles. The molecule has 3 amide bonds. The van der Waals surface area contributed by atoms with Gasteiger partial charge >= 0.3 is 0 Å². The lowest BCUT2D eigenvalue weighted by atomic mass is 10.3. The largest absolute Gasteiger partial charge is 0.351 e. The molecule has 1 heterocycles. The van der Waals surface area contributed by atoms with Crippen LogP contribution in [-0.4, -0.2) is 24.3 Å². The summed E-state index contributed by atoms with van der Waals surface area (Å²) in [7, 11) is 0. The molecule has 0 saturated heterocycles. The van der Waals surface area contributed by atoms with Crippen molar-refractivity contribution in [3.8, 4) is 0 Å². The van der Waals surface area contributed by atoms with Crippen LogP contribution in [0.25, 0.3) is 0 Å². The number of carbonyl (C=O) groups excluding carboxylic acids is 3. The van der Waals surface area contributed by atoms with E-state index >= 15 is 0 Å². The van der Waals surface area contributed by atoms with Crippen LogP contribution in [0.5, 0.6) is 0 Å². The summed E-state index contributed by atoms with van der Waals surface area (Å²) in [6.07, 6.45) is 2.05. The average molecular weight is 436 g/mol. The van der Waals surface area contributed by atoms with Crippen LogP contribution in [0.1, 0.15) is 28.9 Å². The number of anilines is 2. The lowest BCUT2D eigenvalue weighted by Crippen LogP contribution is -2.27. The third-order valence-electron chi connectivity index (χ3n) is 3.79. The molecule has 6 nitrogen and oxygen atoms in total. The molecule has 1 aliphatic carbocycles. The fourth-order valence-electron chi connectivity index (χ4n) is 2.23. The molecule has 3 N–H and O–H groups in total. The zero-order valence-electron chi connectivity index (χ0n) is 13.9. The molecule has 1 aromatic heterocycles. The van der Waals surface area contributed by atoms with Crippen molar-refractivity contribution < 1.29 is 14.4 Å². The number of nitrogens with one attached hydrogen (secondary N) is 3. The van der Waals surface area contributed by atoms with E-state index < -0.39 is 0 Å². The average Bonchev–Trinajstić information content (AvgIpc) is 3.37. The zero-order valence-corrected chi connectivity index (χ0v) is 16.3. The van der Waals surface area contributed by atoms with Gasteiger partial charge in [0.2, 0.25) is 11.8 Å². The van der Waals surface area contributed by atoms with E-state index in [0.717, 1.165) is 17.3 Å². The summed E-state index contributed by atoms with van der Waals surface area (Å²) in [6.45, 7) is 0.239. The third-order valence-corrected chi connectivity index (χ3v) is 5.32. The first-order valence-electron chi connectivity index (χ1n) is 8.25. The summed E-state index contributed by atoms with van der Waals surface area (Å²) >= 11 is 4.56. The number of rotatable bonds is 7.